The molecule has 17 heavy (non-hydrogen) atoms. The molecule has 1 aromatic rings. The number of thiazole rings is 1. The lowest BCUT2D eigenvalue weighted by Gasteiger charge is -2.11. The molecule has 0 bridgehead atoms. The van der Waals surface area contributed by atoms with Crippen molar-refractivity contribution in [2.75, 3.05) is 6.54 Å². The number of unbranched alkanes of at least 4 members (excludes halogenated alkanes) is 3. The third-order valence-corrected chi connectivity index (χ3v) is 3.66. The zero-order valence-electron chi connectivity index (χ0n) is 11.4. The van der Waals surface area contributed by atoms with E-state index in [1.165, 1.54) is 37.8 Å². The van der Waals surface area contributed by atoms with Gasteiger partial charge in [-0.1, -0.05) is 39.5 Å². The minimum atomic E-state index is 0.400. The summed E-state index contributed by atoms with van der Waals surface area (Å²) >= 11 is 1.67. The Labute approximate surface area is 110 Å². The molecule has 0 amide bonds. The Bertz CT molecular complexity index is 270. The number of nitrogens with one attached hydrogen (secondary N) is 1. The molecule has 1 N–H and O–H groups in total. The van der Waals surface area contributed by atoms with E-state index >= 15 is 0 Å². The molecule has 98 valence electrons. The maximum absolute atomic E-state index is 4.32. The summed E-state index contributed by atoms with van der Waals surface area (Å²) in [5.74, 6) is 0.859. The predicted molar refractivity (Wildman–Crippen MR) is 76.5 cm³/mol. The van der Waals surface area contributed by atoms with Crippen LogP contribution in [0, 0.1) is 5.92 Å². The van der Waals surface area contributed by atoms with Crippen molar-refractivity contribution in [3.05, 3.63) is 16.6 Å². The van der Waals surface area contributed by atoms with Gasteiger partial charge in [0.15, 0.2) is 0 Å². The molecule has 0 fully saturated rings. The van der Waals surface area contributed by atoms with Crippen molar-refractivity contribution in [1.29, 1.82) is 0 Å². The highest BCUT2D eigenvalue weighted by molar-refractivity contribution is 7.07. The van der Waals surface area contributed by atoms with Crippen LogP contribution in [0.4, 0.5) is 0 Å². The predicted octanol–water partition coefficient (Wildman–Crippen LogP) is 4.40. The van der Waals surface area contributed by atoms with Crippen LogP contribution in [0.1, 0.15) is 64.6 Å². The van der Waals surface area contributed by atoms with Crippen LogP contribution < -0.4 is 5.32 Å². The van der Waals surface area contributed by atoms with Gasteiger partial charge in [0.1, 0.15) is 0 Å². The second-order valence-corrected chi connectivity index (χ2v) is 5.90. The number of hydrogen-bond acceptors (Lipinski definition) is 3. The van der Waals surface area contributed by atoms with Crippen LogP contribution in [0.15, 0.2) is 10.9 Å². The van der Waals surface area contributed by atoms with E-state index in [0.717, 1.165) is 12.5 Å². The number of aromatic nitrogens is 1. The van der Waals surface area contributed by atoms with Gasteiger partial charge in [0.2, 0.25) is 0 Å². The van der Waals surface area contributed by atoms with E-state index in [0.29, 0.717) is 6.04 Å². The van der Waals surface area contributed by atoms with E-state index in [1.54, 1.807) is 11.3 Å². The smallest absolute Gasteiger partial charge is 0.0795 e. The van der Waals surface area contributed by atoms with E-state index in [9.17, 15) is 0 Å². The van der Waals surface area contributed by atoms with Crippen LogP contribution in [0.5, 0.6) is 0 Å². The summed E-state index contributed by atoms with van der Waals surface area (Å²) in [5, 5.41) is 5.65. The summed E-state index contributed by atoms with van der Waals surface area (Å²) in [6.07, 6.45) is 6.78. The van der Waals surface area contributed by atoms with Crippen molar-refractivity contribution in [2.24, 2.45) is 5.92 Å². The van der Waals surface area contributed by atoms with Gasteiger partial charge in [-0.15, -0.1) is 11.3 Å². The van der Waals surface area contributed by atoms with Crippen molar-refractivity contribution < 1.29 is 0 Å². The summed E-state index contributed by atoms with van der Waals surface area (Å²) in [5.41, 5.74) is 3.08. The minimum absolute atomic E-state index is 0.400. The Morgan fingerprint density at radius 2 is 1.94 bits per heavy atom. The van der Waals surface area contributed by atoms with Crippen LogP contribution in [0.25, 0.3) is 0 Å². The maximum Gasteiger partial charge on any atom is 0.0795 e. The molecule has 1 heterocycles. The molecule has 0 radical (unpaired) electrons. The van der Waals surface area contributed by atoms with Crippen molar-refractivity contribution in [1.82, 2.24) is 10.3 Å². The number of hydrogen-bond donors (Lipinski definition) is 1. The Morgan fingerprint density at radius 3 is 2.59 bits per heavy atom. The molecule has 2 nitrogen and oxygen atoms in total. The summed E-state index contributed by atoms with van der Waals surface area (Å²) in [7, 11) is 0. The first kappa shape index (κ1) is 14.7. The molecule has 0 aliphatic rings. The molecular weight excluding hydrogens is 228 g/mol. The molecular formula is C14H26N2S. The first-order valence-corrected chi connectivity index (χ1v) is 7.76. The fraction of sp³-hybridized carbons (Fsp3) is 0.786. The van der Waals surface area contributed by atoms with Gasteiger partial charge < -0.3 is 5.32 Å². The van der Waals surface area contributed by atoms with Gasteiger partial charge in [-0.3, -0.25) is 0 Å². The van der Waals surface area contributed by atoms with Gasteiger partial charge in [0, 0.05) is 11.4 Å². The number of nitrogens with zero attached hydrogens (tertiary/aromatic N) is 1. The fourth-order valence-electron chi connectivity index (χ4n) is 1.89. The second-order valence-electron chi connectivity index (χ2n) is 5.19. The van der Waals surface area contributed by atoms with Gasteiger partial charge in [-0.05, 0) is 25.8 Å². The first-order valence-electron chi connectivity index (χ1n) is 6.81. The fourth-order valence-corrected chi connectivity index (χ4v) is 2.54. The summed E-state index contributed by atoms with van der Waals surface area (Å²) in [6, 6.07) is 0.400. The van der Waals surface area contributed by atoms with Gasteiger partial charge in [0.05, 0.1) is 11.2 Å². The highest BCUT2D eigenvalue weighted by Gasteiger charge is 2.05. The molecule has 1 rings (SSSR count). The maximum atomic E-state index is 4.32. The molecule has 0 saturated heterocycles. The molecule has 0 spiro atoms. The molecule has 0 aromatic carbocycles. The second kappa shape index (κ2) is 8.65. The summed E-state index contributed by atoms with van der Waals surface area (Å²) in [6.45, 7) is 7.91. The Morgan fingerprint density at radius 1 is 1.18 bits per heavy atom. The Kier molecular flexibility index (Phi) is 7.45. The van der Waals surface area contributed by atoms with Crippen LogP contribution in [0.3, 0.4) is 0 Å². The van der Waals surface area contributed by atoms with Crippen LogP contribution in [0.2, 0.25) is 0 Å². The zero-order chi connectivity index (χ0) is 12.5. The Hall–Kier alpha value is -0.410. The van der Waals surface area contributed by atoms with Gasteiger partial charge in [0.25, 0.3) is 0 Å². The highest BCUT2D eigenvalue weighted by Crippen LogP contribution is 2.12. The van der Waals surface area contributed by atoms with Crippen molar-refractivity contribution >= 4 is 11.3 Å². The van der Waals surface area contributed by atoms with Gasteiger partial charge in [-0.2, -0.15) is 0 Å². The third-order valence-electron chi connectivity index (χ3n) is 3.05. The van der Waals surface area contributed by atoms with Crippen molar-refractivity contribution in [2.45, 2.75) is 58.9 Å². The largest absolute Gasteiger partial charge is 0.309 e. The molecule has 0 aliphatic carbocycles. The van der Waals surface area contributed by atoms with E-state index in [1.807, 2.05) is 5.51 Å². The average molecular weight is 254 g/mol. The van der Waals surface area contributed by atoms with E-state index < -0.39 is 0 Å². The highest BCUT2D eigenvalue weighted by atomic mass is 32.1. The normalized spacial score (nSPS) is 13.2. The van der Waals surface area contributed by atoms with E-state index in [4.69, 9.17) is 0 Å². The lowest BCUT2D eigenvalue weighted by atomic mass is 10.0. The zero-order valence-corrected chi connectivity index (χ0v) is 12.2. The molecule has 0 aliphatic heterocycles. The summed E-state index contributed by atoms with van der Waals surface area (Å²) < 4.78 is 0. The van der Waals surface area contributed by atoms with Crippen molar-refractivity contribution in [3.8, 4) is 0 Å². The van der Waals surface area contributed by atoms with E-state index in [-0.39, 0.29) is 0 Å². The molecule has 1 atom stereocenters. The average Bonchev–Trinajstić information content (AvgIpc) is 2.80. The SMILES string of the molecule is CC(C)CCCCCCNC(C)c1cscn1. The standard InChI is InChI=1S/C14H26N2S/c1-12(2)8-6-4-5-7-9-15-13(3)14-10-17-11-16-14/h10-13,15H,4-9H2,1-3H3. The quantitative estimate of drug-likeness (QED) is 0.661. The number of rotatable bonds is 9. The van der Waals surface area contributed by atoms with Crippen LogP contribution in [-0.2, 0) is 0 Å². The first-order chi connectivity index (χ1) is 8.20. The molecule has 1 unspecified atom stereocenters. The van der Waals surface area contributed by atoms with Crippen molar-refractivity contribution in [3.63, 3.8) is 0 Å². The minimum Gasteiger partial charge on any atom is -0.309 e. The third kappa shape index (κ3) is 6.79. The Balaban J connectivity index is 1.94. The van der Waals surface area contributed by atoms with Gasteiger partial charge in [-0.25, -0.2) is 4.98 Å². The molecule has 3 heteroatoms. The lowest BCUT2D eigenvalue weighted by Crippen LogP contribution is -2.20. The topological polar surface area (TPSA) is 24.9 Å². The molecule has 0 saturated carbocycles. The van der Waals surface area contributed by atoms with Crippen LogP contribution in [-0.4, -0.2) is 11.5 Å². The van der Waals surface area contributed by atoms with Crippen LogP contribution >= 0.6 is 11.3 Å². The van der Waals surface area contributed by atoms with E-state index in [2.05, 4.69) is 36.5 Å². The summed E-state index contributed by atoms with van der Waals surface area (Å²) in [4.78, 5) is 4.32. The lowest BCUT2D eigenvalue weighted by molar-refractivity contribution is 0.496. The molecule has 1 aromatic heterocycles. The van der Waals surface area contributed by atoms with Gasteiger partial charge >= 0.3 is 0 Å². The monoisotopic (exact) mass is 254 g/mol.